The van der Waals surface area contributed by atoms with E-state index in [9.17, 15) is 0 Å². The molecule has 104 valence electrons. The zero-order chi connectivity index (χ0) is 13.9. The summed E-state index contributed by atoms with van der Waals surface area (Å²) >= 11 is 0. The van der Waals surface area contributed by atoms with E-state index in [1.54, 1.807) is 0 Å². The van der Waals surface area contributed by atoms with Crippen LogP contribution in [0.1, 0.15) is 34.1 Å². The normalized spacial score (nSPS) is 14.5. The van der Waals surface area contributed by atoms with E-state index in [4.69, 9.17) is 4.43 Å². The Morgan fingerprint density at radius 2 is 1.47 bits per heavy atom. The van der Waals surface area contributed by atoms with Gasteiger partial charge in [0.2, 0.25) is 0 Å². The minimum Gasteiger partial charge on any atom is -0.405 e. The van der Waals surface area contributed by atoms with Crippen LogP contribution in [0.25, 0.3) is 0 Å². The summed E-state index contributed by atoms with van der Waals surface area (Å²) in [5.74, 6) is 0. The number of rotatable bonds is 6. The zero-order valence-electron chi connectivity index (χ0n) is 13.5. The van der Waals surface area contributed by atoms with Crippen LogP contribution in [-0.4, -0.2) is 34.4 Å². The Bertz CT molecular complexity index is 229. The Balaban J connectivity index is 4.51. The second kappa shape index (κ2) is 6.00. The molecule has 0 radical (unpaired) electrons. The van der Waals surface area contributed by atoms with E-state index in [-0.39, 0.29) is 0 Å². The molecule has 0 aromatic rings. The molecule has 0 aliphatic heterocycles. The summed E-state index contributed by atoms with van der Waals surface area (Å²) in [5.41, 5.74) is 0. The van der Waals surface area contributed by atoms with Crippen LogP contribution in [0.15, 0.2) is 0 Å². The lowest BCUT2D eigenvalue weighted by atomic mass is 10.2. The lowest BCUT2D eigenvalue weighted by molar-refractivity contribution is 0.177. The smallest absolute Gasteiger partial charge is 0.193 e. The molecule has 0 aliphatic rings. The molecule has 0 unspecified atom stereocenters. The Labute approximate surface area is 111 Å². The summed E-state index contributed by atoms with van der Waals surface area (Å²) in [6.45, 7) is 23.0. The van der Waals surface area contributed by atoms with E-state index in [1.807, 2.05) is 0 Å². The van der Waals surface area contributed by atoms with E-state index in [0.29, 0.717) is 5.04 Å². The van der Waals surface area contributed by atoms with E-state index in [0.717, 1.165) is 6.73 Å². The van der Waals surface area contributed by atoms with E-state index in [1.165, 1.54) is 13.0 Å². The maximum atomic E-state index is 6.33. The monoisotopic (exact) mass is 275 g/mol. The van der Waals surface area contributed by atoms with E-state index >= 15 is 0 Å². The molecule has 0 rings (SSSR count). The summed E-state index contributed by atoms with van der Waals surface area (Å²) in [7, 11) is -2.83. The Hall–Kier alpha value is 0.354. The molecule has 0 aromatic heterocycles. The highest BCUT2D eigenvalue weighted by molar-refractivity contribution is 6.74. The zero-order valence-corrected chi connectivity index (χ0v) is 15.5. The molecular formula is C13H33NOSi2. The van der Waals surface area contributed by atoms with Crippen LogP contribution < -0.4 is 0 Å². The minimum atomic E-state index is -1.59. The van der Waals surface area contributed by atoms with Gasteiger partial charge in [-0.25, -0.2) is 0 Å². The van der Waals surface area contributed by atoms with Crippen molar-refractivity contribution in [2.24, 2.45) is 0 Å². The second-order valence-electron chi connectivity index (χ2n) is 7.47. The van der Waals surface area contributed by atoms with Crippen LogP contribution in [-0.2, 0) is 4.43 Å². The average Bonchev–Trinajstić information content (AvgIpc) is 2.08. The van der Waals surface area contributed by atoms with Crippen LogP contribution >= 0.6 is 0 Å². The van der Waals surface area contributed by atoms with Gasteiger partial charge in [0.05, 0.1) is 6.73 Å². The maximum Gasteiger partial charge on any atom is 0.193 e. The fraction of sp³-hybridized carbons (Fsp3) is 1.00. The van der Waals surface area contributed by atoms with Crippen molar-refractivity contribution in [2.45, 2.75) is 71.9 Å². The Morgan fingerprint density at radius 1 is 1.00 bits per heavy atom. The highest BCUT2D eigenvalue weighted by Crippen LogP contribution is 2.36. The highest BCUT2D eigenvalue weighted by Gasteiger charge is 2.38. The average molecular weight is 276 g/mol. The summed E-state index contributed by atoms with van der Waals surface area (Å²) in [6.07, 6.45) is 1.21. The molecule has 0 bridgehead atoms. The van der Waals surface area contributed by atoms with Gasteiger partial charge in [-0.3, -0.25) is 0 Å². The van der Waals surface area contributed by atoms with Crippen LogP contribution in [0.2, 0.25) is 37.8 Å². The van der Waals surface area contributed by atoms with Gasteiger partial charge in [-0.1, -0.05) is 47.3 Å². The summed E-state index contributed by atoms with van der Waals surface area (Å²) in [5, 5.41) is 0.310. The van der Waals surface area contributed by atoms with E-state index < -0.39 is 16.6 Å². The van der Waals surface area contributed by atoms with Gasteiger partial charge in [-0.15, -0.1) is 0 Å². The standard InChI is InChI=1S/C13H33NOSi2/c1-10-11-14(16(5,6)7)12-15-17(8,9)13(2,3)4/h10-12H2,1-9H3. The molecule has 0 amide bonds. The molecule has 0 saturated heterocycles. The lowest BCUT2D eigenvalue weighted by Gasteiger charge is -2.41. The molecule has 4 heteroatoms. The first-order chi connectivity index (χ1) is 7.42. The van der Waals surface area contributed by atoms with Gasteiger partial charge in [0.25, 0.3) is 0 Å². The molecule has 0 atom stereocenters. The number of hydrogen-bond donors (Lipinski definition) is 0. The highest BCUT2D eigenvalue weighted by atomic mass is 28.4. The molecule has 0 heterocycles. The van der Waals surface area contributed by atoms with Gasteiger partial charge >= 0.3 is 0 Å². The van der Waals surface area contributed by atoms with Gasteiger partial charge in [-0.05, 0) is 31.1 Å². The molecule has 2 nitrogen and oxygen atoms in total. The van der Waals surface area contributed by atoms with Crippen LogP contribution in [0.3, 0.4) is 0 Å². The van der Waals surface area contributed by atoms with Crippen molar-refractivity contribution in [2.75, 3.05) is 13.3 Å². The third-order valence-electron chi connectivity index (χ3n) is 3.83. The molecule has 0 fully saturated rings. The quantitative estimate of drug-likeness (QED) is 0.522. The Morgan fingerprint density at radius 3 is 1.76 bits per heavy atom. The van der Waals surface area contributed by atoms with Gasteiger partial charge in [0.1, 0.15) is 8.24 Å². The third kappa shape index (κ3) is 5.68. The van der Waals surface area contributed by atoms with E-state index in [2.05, 4.69) is 65.0 Å². The maximum absolute atomic E-state index is 6.33. The number of hydrogen-bond acceptors (Lipinski definition) is 2. The van der Waals surface area contributed by atoms with Crippen molar-refractivity contribution in [1.82, 2.24) is 4.57 Å². The summed E-state index contributed by atoms with van der Waals surface area (Å²) in [4.78, 5) is 0. The summed E-state index contributed by atoms with van der Waals surface area (Å²) < 4.78 is 8.91. The Kier molecular flexibility index (Phi) is 6.12. The third-order valence-corrected chi connectivity index (χ3v) is 10.5. The van der Waals surface area contributed by atoms with Crippen molar-refractivity contribution < 1.29 is 4.43 Å². The van der Waals surface area contributed by atoms with Gasteiger partial charge in [0.15, 0.2) is 8.32 Å². The SMILES string of the molecule is CCCN(CO[Si](C)(C)C(C)(C)C)[Si](C)(C)C. The second-order valence-corrected chi connectivity index (χ2v) is 17.3. The predicted octanol–water partition coefficient (Wildman–Crippen LogP) is 4.51. The molecule has 0 aliphatic carbocycles. The van der Waals surface area contributed by atoms with Gasteiger partial charge in [-0.2, -0.15) is 0 Å². The van der Waals surface area contributed by atoms with Crippen molar-refractivity contribution >= 4 is 16.6 Å². The van der Waals surface area contributed by atoms with Gasteiger partial charge < -0.3 is 8.99 Å². The van der Waals surface area contributed by atoms with Gasteiger partial charge in [0, 0.05) is 0 Å². The molecule has 0 aromatic carbocycles. The fourth-order valence-electron chi connectivity index (χ4n) is 1.32. The van der Waals surface area contributed by atoms with Crippen LogP contribution in [0.4, 0.5) is 0 Å². The molecule has 0 saturated carbocycles. The number of nitrogens with zero attached hydrogens (tertiary/aromatic N) is 1. The van der Waals surface area contributed by atoms with Crippen molar-refractivity contribution in [3.63, 3.8) is 0 Å². The van der Waals surface area contributed by atoms with Crippen LogP contribution in [0, 0.1) is 0 Å². The molecule has 0 spiro atoms. The molecule has 17 heavy (non-hydrogen) atoms. The summed E-state index contributed by atoms with van der Waals surface area (Å²) in [6, 6.07) is 0. The first-order valence-electron chi connectivity index (χ1n) is 6.81. The van der Waals surface area contributed by atoms with Crippen molar-refractivity contribution in [3.05, 3.63) is 0 Å². The minimum absolute atomic E-state index is 0.310. The first kappa shape index (κ1) is 17.4. The first-order valence-corrected chi connectivity index (χ1v) is 13.2. The predicted molar refractivity (Wildman–Crippen MR) is 83.5 cm³/mol. The molecule has 0 N–H and O–H groups in total. The topological polar surface area (TPSA) is 12.5 Å². The largest absolute Gasteiger partial charge is 0.405 e. The van der Waals surface area contributed by atoms with Crippen molar-refractivity contribution in [1.29, 1.82) is 0 Å². The lowest BCUT2D eigenvalue weighted by Crippen LogP contribution is -2.51. The fourth-order valence-corrected chi connectivity index (χ4v) is 3.71. The van der Waals surface area contributed by atoms with Crippen LogP contribution in [0.5, 0.6) is 0 Å². The molecular weight excluding hydrogens is 242 g/mol. The van der Waals surface area contributed by atoms with Crippen molar-refractivity contribution in [3.8, 4) is 0 Å².